The molecule has 1 fully saturated rings. The first-order valence-corrected chi connectivity index (χ1v) is 8.01. The van der Waals surface area contributed by atoms with E-state index in [4.69, 9.17) is 4.52 Å². The van der Waals surface area contributed by atoms with Crippen LogP contribution in [0.5, 0.6) is 0 Å². The van der Waals surface area contributed by atoms with Crippen LogP contribution in [0.25, 0.3) is 0 Å². The van der Waals surface area contributed by atoms with Crippen LogP contribution in [0.2, 0.25) is 0 Å². The van der Waals surface area contributed by atoms with Gasteiger partial charge in [-0.15, -0.1) is 0 Å². The number of aromatic nitrogens is 2. The van der Waals surface area contributed by atoms with Crippen molar-refractivity contribution in [2.75, 3.05) is 13.6 Å². The second kappa shape index (κ2) is 6.81. The molecular formula is C17H23N5O. The molecule has 1 aliphatic carbocycles. The molecule has 6 heteroatoms. The lowest BCUT2D eigenvalue weighted by molar-refractivity contribution is 0.244. The van der Waals surface area contributed by atoms with Gasteiger partial charge in [0.1, 0.15) is 0 Å². The van der Waals surface area contributed by atoms with Crippen molar-refractivity contribution in [3.05, 3.63) is 47.6 Å². The molecule has 1 aliphatic rings. The fourth-order valence-corrected chi connectivity index (χ4v) is 3.01. The Labute approximate surface area is 136 Å². The molecule has 1 heterocycles. The molecule has 0 atom stereocenters. The maximum absolute atomic E-state index is 4.97. The third kappa shape index (κ3) is 3.52. The van der Waals surface area contributed by atoms with Gasteiger partial charge < -0.3 is 15.2 Å². The number of aliphatic imine (C=N–C) groups is 1. The van der Waals surface area contributed by atoms with Crippen LogP contribution in [0, 0.1) is 6.92 Å². The van der Waals surface area contributed by atoms with Crippen molar-refractivity contribution in [1.29, 1.82) is 0 Å². The molecule has 0 aliphatic heterocycles. The van der Waals surface area contributed by atoms with Crippen molar-refractivity contribution in [1.82, 2.24) is 20.8 Å². The summed E-state index contributed by atoms with van der Waals surface area (Å²) >= 11 is 0. The van der Waals surface area contributed by atoms with Crippen molar-refractivity contribution >= 4 is 5.96 Å². The Kier molecular flexibility index (Phi) is 4.60. The highest BCUT2D eigenvalue weighted by Gasteiger charge is 2.38. The van der Waals surface area contributed by atoms with Crippen molar-refractivity contribution < 1.29 is 4.52 Å². The number of nitrogens with zero attached hydrogens (tertiary/aromatic N) is 3. The Morgan fingerprint density at radius 1 is 1.26 bits per heavy atom. The maximum atomic E-state index is 4.97. The summed E-state index contributed by atoms with van der Waals surface area (Å²) in [6, 6.07) is 10.7. The molecule has 1 aromatic carbocycles. The first-order chi connectivity index (χ1) is 11.2. The van der Waals surface area contributed by atoms with Gasteiger partial charge in [-0.25, -0.2) is 0 Å². The van der Waals surface area contributed by atoms with Gasteiger partial charge in [-0.2, -0.15) is 4.98 Å². The number of hydrogen-bond donors (Lipinski definition) is 2. The van der Waals surface area contributed by atoms with E-state index in [1.54, 1.807) is 14.0 Å². The fraction of sp³-hybridized carbons (Fsp3) is 0.471. The van der Waals surface area contributed by atoms with Crippen LogP contribution in [0.1, 0.15) is 36.5 Å². The third-order valence-corrected chi connectivity index (χ3v) is 4.50. The van der Waals surface area contributed by atoms with Gasteiger partial charge in [0.2, 0.25) is 5.89 Å². The van der Waals surface area contributed by atoms with Crippen molar-refractivity contribution in [2.45, 2.75) is 38.1 Å². The van der Waals surface area contributed by atoms with Crippen molar-refractivity contribution in [3.8, 4) is 0 Å². The average molecular weight is 313 g/mol. The van der Waals surface area contributed by atoms with E-state index >= 15 is 0 Å². The van der Waals surface area contributed by atoms with Crippen molar-refractivity contribution in [2.24, 2.45) is 4.99 Å². The quantitative estimate of drug-likeness (QED) is 0.653. The lowest BCUT2D eigenvalue weighted by Gasteiger charge is -2.43. The largest absolute Gasteiger partial charge is 0.356 e. The summed E-state index contributed by atoms with van der Waals surface area (Å²) in [6.07, 6.45) is 3.71. The Balaban J connectivity index is 1.57. The summed E-state index contributed by atoms with van der Waals surface area (Å²) in [7, 11) is 1.77. The van der Waals surface area contributed by atoms with E-state index in [2.05, 4.69) is 56.1 Å². The zero-order valence-electron chi connectivity index (χ0n) is 13.7. The van der Waals surface area contributed by atoms with Crippen molar-refractivity contribution in [3.63, 3.8) is 0 Å². The topological polar surface area (TPSA) is 75.3 Å². The number of benzene rings is 1. The molecule has 0 bridgehead atoms. The number of guanidine groups is 1. The maximum Gasteiger partial charge on any atom is 0.223 e. The molecule has 1 aromatic heterocycles. The van der Waals surface area contributed by atoms with E-state index < -0.39 is 0 Å². The highest BCUT2D eigenvalue weighted by atomic mass is 16.5. The normalized spacial score (nSPS) is 16.7. The van der Waals surface area contributed by atoms with E-state index in [0.717, 1.165) is 12.5 Å². The summed E-state index contributed by atoms with van der Waals surface area (Å²) in [6.45, 7) is 3.15. The zero-order chi connectivity index (χ0) is 16.1. The smallest absolute Gasteiger partial charge is 0.223 e. The van der Waals surface area contributed by atoms with E-state index in [-0.39, 0.29) is 5.41 Å². The number of aryl methyl sites for hydroxylation is 1. The monoisotopic (exact) mass is 313 g/mol. The predicted octanol–water partition coefficient (Wildman–Crippen LogP) is 2.16. The van der Waals surface area contributed by atoms with Crippen LogP contribution in [-0.2, 0) is 12.0 Å². The molecule has 1 saturated carbocycles. The molecule has 2 aromatic rings. The molecule has 0 saturated heterocycles. The Bertz CT molecular complexity index is 661. The third-order valence-electron chi connectivity index (χ3n) is 4.50. The summed E-state index contributed by atoms with van der Waals surface area (Å²) in [4.78, 5) is 8.45. The molecular weight excluding hydrogens is 290 g/mol. The molecule has 0 unspecified atom stereocenters. The Morgan fingerprint density at radius 2 is 2.04 bits per heavy atom. The Hall–Kier alpha value is -2.37. The average Bonchev–Trinajstić information content (AvgIpc) is 2.96. The lowest BCUT2D eigenvalue weighted by atomic mass is 9.64. The second-order valence-electron chi connectivity index (χ2n) is 6.01. The van der Waals surface area contributed by atoms with Crippen LogP contribution in [-0.4, -0.2) is 29.7 Å². The minimum Gasteiger partial charge on any atom is -0.356 e. The molecule has 6 nitrogen and oxygen atoms in total. The van der Waals surface area contributed by atoms with Gasteiger partial charge in [-0.1, -0.05) is 41.9 Å². The van der Waals surface area contributed by atoms with Gasteiger partial charge in [0.15, 0.2) is 11.8 Å². The molecule has 0 spiro atoms. The van der Waals surface area contributed by atoms with Gasteiger partial charge in [0, 0.05) is 25.9 Å². The van der Waals surface area contributed by atoms with E-state index in [1.807, 2.05) is 0 Å². The number of nitrogens with one attached hydrogen (secondary N) is 2. The Morgan fingerprint density at radius 3 is 2.61 bits per heavy atom. The van der Waals surface area contributed by atoms with Gasteiger partial charge in [-0.05, 0) is 18.4 Å². The molecule has 3 rings (SSSR count). The highest BCUT2D eigenvalue weighted by molar-refractivity contribution is 5.79. The fourth-order valence-electron chi connectivity index (χ4n) is 3.01. The van der Waals surface area contributed by atoms with Gasteiger partial charge in [-0.3, -0.25) is 4.99 Å². The number of hydrogen-bond acceptors (Lipinski definition) is 4. The van der Waals surface area contributed by atoms with E-state index in [1.165, 1.54) is 24.8 Å². The first kappa shape index (κ1) is 15.5. The van der Waals surface area contributed by atoms with Gasteiger partial charge in [0.05, 0.1) is 6.54 Å². The summed E-state index contributed by atoms with van der Waals surface area (Å²) in [5, 5.41) is 10.5. The first-order valence-electron chi connectivity index (χ1n) is 8.01. The minimum atomic E-state index is 0.224. The predicted molar refractivity (Wildman–Crippen MR) is 89.2 cm³/mol. The number of rotatable bonds is 5. The van der Waals surface area contributed by atoms with Crippen LogP contribution in [0.3, 0.4) is 0 Å². The van der Waals surface area contributed by atoms with Crippen LogP contribution >= 0.6 is 0 Å². The standard InChI is InChI=1S/C17H23N5O/c1-13-21-15(22-23-13)11-19-16(18-2)20-12-17(9-6-10-17)14-7-4-3-5-8-14/h3-5,7-8H,6,9-12H2,1-2H3,(H2,18,19,20). The molecule has 0 radical (unpaired) electrons. The minimum absolute atomic E-state index is 0.224. The molecule has 122 valence electrons. The lowest BCUT2D eigenvalue weighted by Crippen LogP contribution is -2.48. The summed E-state index contributed by atoms with van der Waals surface area (Å²) < 4.78 is 4.97. The van der Waals surface area contributed by atoms with Gasteiger partial charge >= 0.3 is 0 Å². The molecule has 23 heavy (non-hydrogen) atoms. The van der Waals surface area contributed by atoms with Crippen LogP contribution < -0.4 is 10.6 Å². The van der Waals surface area contributed by atoms with E-state index in [0.29, 0.717) is 18.3 Å². The van der Waals surface area contributed by atoms with E-state index in [9.17, 15) is 0 Å². The summed E-state index contributed by atoms with van der Waals surface area (Å²) in [5.41, 5.74) is 1.63. The van der Waals surface area contributed by atoms with Gasteiger partial charge in [0.25, 0.3) is 0 Å². The zero-order valence-corrected chi connectivity index (χ0v) is 13.7. The molecule has 0 amide bonds. The highest BCUT2D eigenvalue weighted by Crippen LogP contribution is 2.43. The van der Waals surface area contributed by atoms with Crippen LogP contribution in [0.15, 0.2) is 39.8 Å². The second-order valence-corrected chi connectivity index (χ2v) is 6.01. The van der Waals surface area contributed by atoms with Crippen LogP contribution in [0.4, 0.5) is 0 Å². The SMILES string of the molecule is CN=C(NCc1noc(C)n1)NCC1(c2ccccc2)CCC1. The summed E-state index contributed by atoms with van der Waals surface area (Å²) in [5.74, 6) is 1.96. The molecule has 2 N–H and O–H groups in total.